The lowest BCUT2D eigenvalue weighted by molar-refractivity contribution is -0.890. The Morgan fingerprint density at radius 1 is 1.22 bits per heavy atom. The molecule has 1 fully saturated rings. The molecule has 36 heavy (non-hydrogen) atoms. The fraction of sp³-hybridized carbons (Fsp3) is 0.391. The number of carbonyl (C=O) groups is 2. The van der Waals surface area contributed by atoms with Crippen molar-refractivity contribution >= 4 is 40.5 Å². The number of imide groups is 1. The van der Waals surface area contributed by atoms with Crippen molar-refractivity contribution in [2.45, 2.75) is 13.1 Å². The quantitative estimate of drug-likeness (QED) is 0.331. The molecule has 9 nitrogen and oxygen atoms in total. The molecule has 0 bridgehead atoms. The molecule has 1 N–H and O–H groups in total. The molecule has 1 aliphatic rings. The number of rotatable bonds is 4. The SMILES string of the molecule is Cc1nn(C)c2ncc(N(C=O)C(=O)Nc3ccc(F)c(C(F)(F)F)c3)c(N3CC[N+](C)(C)CC3)c12. The van der Waals surface area contributed by atoms with Gasteiger partial charge in [0.2, 0.25) is 6.41 Å². The Balaban J connectivity index is 1.76. The third-order valence-corrected chi connectivity index (χ3v) is 6.35. The molecule has 4 rings (SSSR count). The zero-order valence-electron chi connectivity index (χ0n) is 20.2. The van der Waals surface area contributed by atoms with Crippen LogP contribution in [-0.2, 0) is 18.0 Å². The summed E-state index contributed by atoms with van der Waals surface area (Å²) in [5.74, 6) is -1.47. The highest BCUT2D eigenvalue weighted by molar-refractivity contribution is 6.16. The lowest BCUT2D eigenvalue weighted by atomic mass is 10.1. The molecule has 1 saturated heterocycles. The van der Waals surface area contributed by atoms with Crippen molar-refractivity contribution < 1.29 is 31.6 Å². The molecule has 3 heterocycles. The Morgan fingerprint density at radius 3 is 2.50 bits per heavy atom. The Morgan fingerprint density at radius 2 is 1.89 bits per heavy atom. The van der Waals surface area contributed by atoms with Crippen LogP contribution in [0.2, 0.25) is 0 Å². The molecule has 0 atom stereocenters. The summed E-state index contributed by atoms with van der Waals surface area (Å²) in [6.45, 7) is 4.68. The third-order valence-electron chi connectivity index (χ3n) is 6.35. The number of amides is 3. The number of anilines is 3. The lowest BCUT2D eigenvalue weighted by Crippen LogP contribution is -2.55. The fourth-order valence-corrected chi connectivity index (χ4v) is 4.33. The highest BCUT2D eigenvalue weighted by Gasteiger charge is 2.35. The van der Waals surface area contributed by atoms with Crippen LogP contribution in [0.15, 0.2) is 24.4 Å². The molecule has 0 unspecified atom stereocenters. The average Bonchev–Trinajstić information content (AvgIpc) is 3.08. The number of benzene rings is 1. The molecular formula is C23H26F4N7O2+. The lowest BCUT2D eigenvalue weighted by Gasteiger charge is -2.41. The van der Waals surface area contributed by atoms with Crippen molar-refractivity contribution in [3.05, 3.63) is 41.5 Å². The predicted molar refractivity (Wildman–Crippen MR) is 126 cm³/mol. The molecule has 2 aromatic heterocycles. The number of carbonyl (C=O) groups excluding carboxylic acids is 2. The van der Waals surface area contributed by atoms with Gasteiger partial charge in [-0.05, 0) is 25.1 Å². The van der Waals surface area contributed by atoms with Crippen molar-refractivity contribution in [2.24, 2.45) is 7.05 Å². The van der Waals surface area contributed by atoms with Crippen LogP contribution in [0.1, 0.15) is 11.3 Å². The number of aryl methyl sites for hydroxylation is 2. The first-order valence-corrected chi connectivity index (χ1v) is 11.1. The topological polar surface area (TPSA) is 83.4 Å². The Hall–Kier alpha value is -3.74. The largest absolute Gasteiger partial charge is 0.419 e. The van der Waals surface area contributed by atoms with Gasteiger partial charge in [-0.3, -0.25) is 9.48 Å². The number of aromatic nitrogens is 3. The van der Waals surface area contributed by atoms with E-state index in [2.05, 4.69) is 34.4 Å². The number of piperazine rings is 1. The minimum absolute atomic E-state index is 0.163. The van der Waals surface area contributed by atoms with Crippen LogP contribution in [0.4, 0.5) is 39.4 Å². The molecule has 13 heteroatoms. The van der Waals surface area contributed by atoms with Crippen LogP contribution in [0.25, 0.3) is 11.0 Å². The predicted octanol–water partition coefficient (Wildman–Crippen LogP) is 3.53. The van der Waals surface area contributed by atoms with Crippen molar-refractivity contribution in [1.29, 1.82) is 0 Å². The van der Waals surface area contributed by atoms with Gasteiger partial charge in [-0.2, -0.15) is 18.3 Å². The van der Waals surface area contributed by atoms with Gasteiger partial charge < -0.3 is 14.7 Å². The second-order valence-corrected chi connectivity index (χ2v) is 9.37. The Kier molecular flexibility index (Phi) is 6.37. The molecule has 1 aromatic carbocycles. The third kappa shape index (κ3) is 4.70. The second-order valence-electron chi connectivity index (χ2n) is 9.37. The van der Waals surface area contributed by atoms with E-state index in [9.17, 15) is 27.2 Å². The number of fused-ring (bicyclic) bond motifs is 1. The molecular weight excluding hydrogens is 482 g/mol. The number of urea groups is 1. The highest BCUT2D eigenvalue weighted by Crippen LogP contribution is 2.38. The second kappa shape index (κ2) is 9.04. The van der Waals surface area contributed by atoms with Crippen molar-refractivity contribution in [1.82, 2.24) is 14.8 Å². The number of nitrogens with one attached hydrogen (secondary N) is 1. The van der Waals surface area contributed by atoms with Gasteiger partial charge in [-0.1, -0.05) is 0 Å². The van der Waals surface area contributed by atoms with E-state index in [-0.39, 0.29) is 17.8 Å². The zero-order chi connectivity index (χ0) is 26.4. The van der Waals surface area contributed by atoms with Gasteiger partial charge in [0.25, 0.3) is 0 Å². The molecule has 0 aliphatic carbocycles. The van der Waals surface area contributed by atoms with Gasteiger partial charge in [0, 0.05) is 12.7 Å². The number of nitrogens with zero attached hydrogens (tertiary/aromatic N) is 6. The van der Waals surface area contributed by atoms with Crippen LogP contribution in [0.5, 0.6) is 0 Å². The van der Waals surface area contributed by atoms with E-state index in [0.29, 0.717) is 47.6 Å². The first-order valence-electron chi connectivity index (χ1n) is 11.1. The molecule has 3 aromatic rings. The molecule has 3 amide bonds. The van der Waals surface area contributed by atoms with E-state index in [1.807, 2.05) is 0 Å². The Labute approximate surface area is 204 Å². The maximum absolute atomic E-state index is 13.7. The molecule has 0 radical (unpaired) electrons. The summed E-state index contributed by atoms with van der Waals surface area (Å²) in [4.78, 5) is 32.4. The number of hydrogen-bond donors (Lipinski definition) is 1. The average molecular weight is 509 g/mol. The first kappa shape index (κ1) is 25.4. The Bertz CT molecular complexity index is 1330. The standard InChI is InChI=1S/C23H25F4N7O2/c1-14-19-20(32-7-9-34(3,4)10-8-32)18(12-28-21(19)31(2)30-14)33(13-35)22(36)29-15-5-6-17(24)16(11-15)23(25,26)27/h5-6,11-13H,7-10H2,1-4H3/p+1. The van der Waals surface area contributed by atoms with Gasteiger partial charge in [0.05, 0.1) is 74.5 Å². The summed E-state index contributed by atoms with van der Waals surface area (Å²) < 4.78 is 55.4. The van der Waals surface area contributed by atoms with Crippen LogP contribution >= 0.6 is 0 Å². The zero-order valence-corrected chi connectivity index (χ0v) is 20.2. The van der Waals surface area contributed by atoms with Crippen LogP contribution in [0, 0.1) is 12.7 Å². The minimum Gasteiger partial charge on any atom is -0.358 e. The van der Waals surface area contributed by atoms with Crippen molar-refractivity contribution in [3.8, 4) is 0 Å². The number of alkyl halides is 3. The maximum Gasteiger partial charge on any atom is 0.419 e. The minimum atomic E-state index is -4.95. The van der Waals surface area contributed by atoms with Crippen LogP contribution in [0.3, 0.4) is 0 Å². The summed E-state index contributed by atoms with van der Waals surface area (Å²) in [6, 6.07) is 1.06. The monoisotopic (exact) mass is 508 g/mol. The van der Waals surface area contributed by atoms with E-state index in [0.717, 1.165) is 28.5 Å². The van der Waals surface area contributed by atoms with Gasteiger partial charge >= 0.3 is 12.2 Å². The van der Waals surface area contributed by atoms with Gasteiger partial charge in [-0.15, -0.1) is 0 Å². The van der Waals surface area contributed by atoms with Crippen LogP contribution < -0.4 is 15.1 Å². The van der Waals surface area contributed by atoms with Gasteiger partial charge in [-0.25, -0.2) is 19.1 Å². The molecule has 1 aliphatic heterocycles. The number of quaternary nitrogens is 1. The normalized spacial score (nSPS) is 15.7. The molecule has 0 saturated carbocycles. The fourth-order valence-electron chi connectivity index (χ4n) is 4.33. The maximum atomic E-state index is 13.7. The van der Waals surface area contributed by atoms with E-state index in [1.54, 1.807) is 18.7 Å². The van der Waals surface area contributed by atoms with Crippen LogP contribution in [-0.4, -0.2) is 72.0 Å². The van der Waals surface area contributed by atoms with E-state index in [4.69, 9.17) is 0 Å². The highest BCUT2D eigenvalue weighted by atomic mass is 19.4. The van der Waals surface area contributed by atoms with E-state index < -0.39 is 23.6 Å². The molecule has 192 valence electrons. The smallest absolute Gasteiger partial charge is 0.358 e. The number of halogens is 4. The van der Waals surface area contributed by atoms with Crippen molar-refractivity contribution in [3.63, 3.8) is 0 Å². The van der Waals surface area contributed by atoms with Crippen molar-refractivity contribution in [2.75, 3.05) is 55.4 Å². The molecule has 0 spiro atoms. The number of hydrogen-bond acceptors (Lipinski definition) is 5. The summed E-state index contributed by atoms with van der Waals surface area (Å²) in [7, 11) is 5.95. The summed E-state index contributed by atoms with van der Waals surface area (Å²) >= 11 is 0. The number of pyridine rings is 1. The van der Waals surface area contributed by atoms with Gasteiger partial charge in [0.1, 0.15) is 5.82 Å². The first-order chi connectivity index (χ1) is 16.8. The van der Waals surface area contributed by atoms with E-state index >= 15 is 0 Å². The van der Waals surface area contributed by atoms with E-state index in [1.165, 1.54) is 6.20 Å². The number of likely N-dealkylation sites (N-methyl/N-ethyl adjacent to an activating group) is 1. The summed E-state index contributed by atoms with van der Waals surface area (Å²) in [5, 5.41) is 7.36. The summed E-state index contributed by atoms with van der Waals surface area (Å²) in [6.07, 6.45) is -3.31. The van der Waals surface area contributed by atoms with Gasteiger partial charge in [0.15, 0.2) is 5.65 Å². The summed E-state index contributed by atoms with van der Waals surface area (Å²) in [5.41, 5.74) is 0.118.